The fourth-order valence-electron chi connectivity index (χ4n) is 2.07. The Balaban J connectivity index is 2.38. The molecule has 0 spiro atoms. The number of fused-ring (bicyclic) bond motifs is 1. The van der Waals surface area contributed by atoms with Gasteiger partial charge in [-0.25, -0.2) is 4.39 Å². The van der Waals surface area contributed by atoms with Gasteiger partial charge in [-0.05, 0) is 18.2 Å². The normalized spacial score (nSPS) is 10.8. The van der Waals surface area contributed by atoms with Crippen molar-refractivity contribution >= 4 is 10.9 Å². The van der Waals surface area contributed by atoms with Crippen LogP contribution in [0.3, 0.4) is 0 Å². The van der Waals surface area contributed by atoms with Gasteiger partial charge >= 0.3 is 0 Å². The molecule has 0 amide bonds. The molecule has 1 aromatic heterocycles. The molecule has 2 aromatic carbocycles. The Morgan fingerprint density at radius 3 is 2.53 bits per heavy atom. The van der Waals surface area contributed by atoms with Crippen molar-refractivity contribution in [3.05, 3.63) is 64.6 Å². The van der Waals surface area contributed by atoms with E-state index in [1.807, 2.05) is 6.07 Å². The van der Waals surface area contributed by atoms with Crippen molar-refractivity contribution < 1.29 is 9.50 Å². The number of rotatable bonds is 1. The number of hydrogen-bond acceptors (Lipinski definition) is 2. The van der Waals surface area contributed by atoms with E-state index in [-0.39, 0.29) is 11.1 Å². The summed E-state index contributed by atoms with van der Waals surface area (Å²) < 4.78 is 13.2. The summed E-state index contributed by atoms with van der Waals surface area (Å²) in [5, 5.41) is 10.2. The molecule has 94 valence electrons. The Kier molecular flexibility index (Phi) is 2.56. The number of nitrogens with one attached hydrogen (secondary N) is 1. The Bertz CT molecular complexity index is 809. The summed E-state index contributed by atoms with van der Waals surface area (Å²) in [7, 11) is 0. The number of hydrogen-bond donors (Lipinski definition) is 2. The number of aromatic amines is 1. The summed E-state index contributed by atoms with van der Waals surface area (Å²) >= 11 is 0. The lowest BCUT2D eigenvalue weighted by molar-refractivity contribution is 0.471. The van der Waals surface area contributed by atoms with Crippen LogP contribution in [-0.4, -0.2) is 10.1 Å². The van der Waals surface area contributed by atoms with Gasteiger partial charge < -0.3 is 10.1 Å². The molecule has 4 heteroatoms. The van der Waals surface area contributed by atoms with Gasteiger partial charge in [0.2, 0.25) is 5.43 Å². The van der Waals surface area contributed by atoms with Gasteiger partial charge in [-0.3, -0.25) is 4.79 Å². The topological polar surface area (TPSA) is 53.1 Å². The monoisotopic (exact) mass is 255 g/mol. The zero-order valence-corrected chi connectivity index (χ0v) is 9.85. The molecule has 2 N–H and O–H groups in total. The van der Waals surface area contributed by atoms with Crippen LogP contribution in [0.25, 0.3) is 22.2 Å². The fraction of sp³-hybridized carbons (Fsp3) is 0. The molecule has 0 aliphatic heterocycles. The molecule has 3 nitrogen and oxygen atoms in total. The third-order valence-corrected chi connectivity index (χ3v) is 3.00. The Labute approximate surface area is 108 Å². The molecule has 0 aliphatic carbocycles. The molecule has 0 atom stereocenters. The smallest absolute Gasteiger partial charge is 0.231 e. The lowest BCUT2D eigenvalue weighted by Crippen LogP contribution is -2.05. The van der Waals surface area contributed by atoms with Gasteiger partial charge in [0.25, 0.3) is 0 Å². The molecule has 19 heavy (non-hydrogen) atoms. The number of aromatic hydroxyl groups is 1. The van der Waals surface area contributed by atoms with Crippen LogP contribution in [0.2, 0.25) is 0 Å². The second-order valence-corrected chi connectivity index (χ2v) is 4.23. The summed E-state index contributed by atoms with van der Waals surface area (Å²) in [6, 6.07) is 12.7. The predicted molar refractivity (Wildman–Crippen MR) is 71.6 cm³/mol. The van der Waals surface area contributed by atoms with E-state index >= 15 is 0 Å². The lowest BCUT2D eigenvalue weighted by atomic mass is 10.1. The maximum Gasteiger partial charge on any atom is 0.231 e. The van der Waals surface area contributed by atoms with Crippen LogP contribution < -0.4 is 5.43 Å². The molecule has 0 saturated carbocycles. The van der Waals surface area contributed by atoms with Crippen LogP contribution in [0.5, 0.6) is 5.75 Å². The van der Waals surface area contributed by atoms with Crippen molar-refractivity contribution in [2.24, 2.45) is 0 Å². The van der Waals surface area contributed by atoms with Crippen molar-refractivity contribution in [2.45, 2.75) is 0 Å². The first-order chi connectivity index (χ1) is 9.16. The average Bonchev–Trinajstić information content (AvgIpc) is 2.43. The summed E-state index contributed by atoms with van der Waals surface area (Å²) in [4.78, 5) is 14.9. The van der Waals surface area contributed by atoms with Gasteiger partial charge in [-0.1, -0.05) is 30.3 Å². The number of halogens is 1. The minimum absolute atomic E-state index is 0.263. The first kappa shape index (κ1) is 11.5. The molecular formula is C15H10FNO2. The van der Waals surface area contributed by atoms with Crippen LogP contribution in [0.4, 0.5) is 4.39 Å². The second-order valence-electron chi connectivity index (χ2n) is 4.23. The summed E-state index contributed by atoms with van der Waals surface area (Å²) in [6.45, 7) is 0. The highest BCUT2D eigenvalue weighted by Gasteiger charge is 2.12. The van der Waals surface area contributed by atoms with Crippen molar-refractivity contribution in [2.75, 3.05) is 0 Å². The van der Waals surface area contributed by atoms with E-state index in [0.717, 1.165) is 0 Å². The van der Waals surface area contributed by atoms with E-state index in [2.05, 4.69) is 4.98 Å². The van der Waals surface area contributed by atoms with Gasteiger partial charge in [0, 0.05) is 10.9 Å². The van der Waals surface area contributed by atoms with Crippen LogP contribution >= 0.6 is 0 Å². The van der Waals surface area contributed by atoms with Crippen molar-refractivity contribution in [1.82, 2.24) is 4.98 Å². The minimum atomic E-state index is -0.507. The third kappa shape index (κ3) is 1.87. The van der Waals surface area contributed by atoms with Crippen molar-refractivity contribution in [3.8, 4) is 17.0 Å². The highest BCUT2D eigenvalue weighted by atomic mass is 19.1. The van der Waals surface area contributed by atoms with E-state index in [1.165, 1.54) is 18.2 Å². The largest absolute Gasteiger partial charge is 0.503 e. The highest BCUT2D eigenvalue weighted by molar-refractivity contribution is 5.84. The maximum absolute atomic E-state index is 13.2. The van der Waals surface area contributed by atoms with Crippen molar-refractivity contribution in [3.63, 3.8) is 0 Å². The predicted octanol–water partition coefficient (Wildman–Crippen LogP) is 3.04. The maximum atomic E-state index is 13.2. The molecule has 0 radical (unpaired) electrons. The van der Waals surface area contributed by atoms with Crippen molar-refractivity contribution in [1.29, 1.82) is 0 Å². The molecule has 1 heterocycles. The minimum Gasteiger partial charge on any atom is -0.503 e. The molecule has 3 rings (SSSR count). The quantitative estimate of drug-likeness (QED) is 0.702. The number of H-pyrrole nitrogens is 1. The highest BCUT2D eigenvalue weighted by Crippen LogP contribution is 2.26. The van der Waals surface area contributed by atoms with E-state index < -0.39 is 11.2 Å². The van der Waals surface area contributed by atoms with Crippen LogP contribution in [0, 0.1) is 5.82 Å². The van der Waals surface area contributed by atoms with E-state index in [9.17, 15) is 14.3 Å². The first-order valence-electron chi connectivity index (χ1n) is 5.77. The molecule has 0 saturated heterocycles. The first-order valence-corrected chi connectivity index (χ1v) is 5.77. The standard InChI is InChI=1S/C15H10FNO2/c16-10-6-7-11-12(8-10)17-13(15(19)14(11)18)9-4-2-1-3-5-9/h1-8,19H,(H,17,18). The summed E-state index contributed by atoms with van der Waals surface area (Å²) in [6.07, 6.45) is 0. The molecule has 0 unspecified atom stereocenters. The second kappa shape index (κ2) is 4.24. The Hall–Kier alpha value is -2.62. The molecule has 0 aliphatic rings. The van der Waals surface area contributed by atoms with E-state index in [0.29, 0.717) is 16.8 Å². The number of aromatic nitrogens is 1. The van der Waals surface area contributed by atoms with Crippen LogP contribution in [0.1, 0.15) is 0 Å². The third-order valence-electron chi connectivity index (χ3n) is 3.00. The fourth-order valence-corrected chi connectivity index (χ4v) is 2.07. The van der Waals surface area contributed by atoms with Gasteiger partial charge in [0.05, 0.1) is 11.2 Å². The molecule has 0 bridgehead atoms. The summed E-state index contributed by atoms with van der Waals surface area (Å²) in [5.74, 6) is -0.793. The molecular weight excluding hydrogens is 245 g/mol. The Morgan fingerprint density at radius 2 is 1.79 bits per heavy atom. The zero-order valence-electron chi connectivity index (χ0n) is 9.85. The molecule has 3 aromatic rings. The Morgan fingerprint density at radius 1 is 1.05 bits per heavy atom. The SMILES string of the molecule is O=c1c(O)c(-c2ccccc2)[nH]c2cc(F)ccc12. The van der Waals surface area contributed by atoms with Gasteiger partial charge in [0.15, 0.2) is 5.75 Å². The van der Waals surface area contributed by atoms with E-state index in [4.69, 9.17) is 0 Å². The number of benzene rings is 2. The summed E-state index contributed by atoms with van der Waals surface area (Å²) in [5.41, 5.74) is 0.821. The lowest BCUT2D eigenvalue weighted by Gasteiger charge is -2.07. The number of pyridine rings is 1. The van der Waals surface area contributed by atoms with Crippen LogP contribution in [0.15, 0.2) is 53.3 Å². The molecule has 0 fully saturated rings. The van der Waals surface area contributed by atoms with Gasteiger partial charge in [-0.2, -0.15) is 0 Å². The van der Waals surface area contributed by atoms with Gasteiger partial charge in [0.1, 0.15) is 5.82 Å². The average molecular weight is 255 g/mol. The van der Waals surface area contributed by atoms with Gasteiger partial charge in [-0.15, -0.1) is 0 Å². The zero-order chi connectivity index (χ0) is 13.4. The van der Waals surface area contributed by atoms with E-state index in [1.54, 1.807) is 24.3 Å². The van der Waals surface area contributed by atoms with Crippen LogP contribution in [-0.2, 0) is 0 Å².